The van der Waals surface area contributed by atoms with Crippen molar-refractivity contribution in [2.24, 2.45) is 11.7 Å². The second-order valence-corrected chi connectivity index (χ2v) is 8.39. The highest BCUT2D eigenvalue weighted by molar-refractivity contribution is 5.67. The Balaban J connectivity index is 1.87. The maximum Gasteiger partial charge on any atom is 0.328 e. The number of H-pyrrole nitrogens is 1. The number of aromatic nitrogens is 2. The first-order chi connectivity index (χ1) is 13.6. The first kappa shape index (κ1) is 20.2. The summed E-state index contributed by atoms with van der Waals surface area (Å²) in [6, 6.07) is -1.92. The molecule has 0 bridgehead atoms. The van der Waals surface area contributed by atoms with Crippen LogP contribution in [0.15, 0.2) is 15.4 Å². The highest BCUT2D eigenvalue weighted by Gasteiger charge is 2.54. The van der Waals surface area contributed by atoms with Crippen molar-refractivity contribution in [2.75, 3.05) is 20.2 Å². The smallest absolute Gasteiger partial charge is 0.328 e. The average molecular weight is 414 g/mol. The van der Waals surface area contributed by atoms with Crippen LogP contribution in [0.4, 0.5) is 13.2 Å². The Bertz CT molecular complexity index is 980. The number of alkyl halides is 2. The number of methoxy groups -OCH3 is 1. The molecule has 1 saturated heterocycles. The minimum atomic E-state index is -3.06. The molecule has 0 amide bonds. The van der Waals surface area contributed by atoms with Crippen molar-refractivity contribution in [2.45, 2.75) is 56.7 Å². The summed E-state index contributed by atoms with van der Waals surface area (Å²) in [6.45, 7) is 2.43. The van der Waals surface area contributed by atoms with Crippen LogP contribution in [0.3, 0.4) is 0 Å². The second kappa shape index (κ2) is 6.73. The molecule has 1 aliphatic heterocycles. The third kappa shape index (κ3) is 3.04. The topological polar surface area (TPSA) is 93.3 Å². The number of rotatable bonds is 4. The number of hydrogen-bond acceptors (Lipinski definition) is 5. The van der Waals surface area contributed by atoms with E-state index in [0.717, 1.165) is 12.8 Å². The summed E-state index contributed by atoms with van der Waals surface area (Å²) in [5.41, 5.74) is 4.75. The van der Waals surface area contributed by atoms with Gasteiger partial charge >= 0.3 is 5.69 Å². The summed E-state index contributed by atoms with van der Waals surface area (Å²) < 4.78 is 51.2. The molecule has 1 aromatic heterocycles. The average Bonchev–Trinajstić information content (AvgIpc) is 3.39. The summed E-state index contributed by atoms with van der Waals surface area (Å²) >= 11 is 0. The van der Waals surface area contributed by atoms with Crippen molar-refractivity contribution in [3.8, 4) is 0 Å². The van der Waals surface area contributed by atoms with E-state index in [2.05, 4.69) is 4.98 Å². The van der Waals surface area contributed by atoms with E-state index in [0.29, 0.717) is 5.69 Å². The van der Waals surface area contributed by atoms with Gasteiger partial charge in [0.2, 0.25) is 0 Å². The molecule has 2 aliphatic carbocycles. The van der Waals surface area contributed by atoms with Crippen molar-refractivity contribution in [3.05, 3.63) is 37.9 Å². The lowest BCUT2D eigenvalue weighted by Crippen LogP contribution is -2.46. The van der Waals surface area contributed by atoms with Crippen LogP contribution in [0.5, 0.6) is 0 Å². The molecule has 0 spiro atoms. The highest BCUT2D eigenvalue weighted by Crippen LogP contribution is 2.46. The van der Waals surface area contributed by atoms with Crippen LogP contribution in [0, 0.1) is 5.92 Å². The van der Waals surface area contributed by atoms with E-state index in [1.807, 2.05) is 0 Å². The standard InChI is InChI=1S/C19H25F3N4O3/c1-8-14-12(17(27)24-18(28)26(14)10-4-5-10)16(29-3)13(20)15(8)25-6-11(9(2)23)19(21,22)7-25/h8-11,15H,4-7,23H2,1-3H3,(H,24,27,28). The summed E-state index contributed by atoms with van der Waals surface area (Å²) in [5, 5.41) is 0. The van der Waals surface area contributed by atoms with Gasteiger partial charge in [0, 0.05) is 30.2 Å². The van der Waals surface area contributed by atoms with Crippen molar-refractivity contribution in [1.82, 2.24) is 14.5 Å². The lowest BCUT2D eigenvalue weighted by molar-refractivity contribution is -0.0346. The van der Waals surface area contributed by atoms with Crippen LogP contribution in [-0.4, -0.2) is 52.7 Å². The number of halogens is 3. The number of likely N-dealkylation sites (tertiary alicyclic amines) is 1. The van der Waals surface area contributed by atoms with Crippen LogP contribution in [-0.2, 0) is 4.74 Å². The molecule has 4 atom stereocenters. The fraction of sp³-hybridized carbons (Fsp3) is 0.684. The first-order valence-electron chi connectivity index (χ1n) is 9.78. The van der Waals surface area contributed by atoms with Crippen LogP contribution < -0.4 is 17.0 Å². The number of nitrogens with one attached hydrogen (secondary N) is 1. The Morgan fingerprint density at radius 2 is 1.97 bits per heavy atom. The highest BCUT2D eigenvalue weighted by atomic mass is 19.3. The summed E-state index contributed by atoms with van der Waals surface area (Å²) in [7, 11) is 1.22. The van der Waals surface area contributed by atoms with E-state index in [4.69, 9.17) is 10.5 Å². The molecule has 4 rings (SSSR count). The van der Waals surface area contributed by atoms with Crippen LogP contribution in [0.2, 0.25) is 0 Å². The molecule has 1 saturated carbocycles. The van der Waals surface area contributed by atoms with E-state index >= 15 is 4.39 Å². The van der Waals surface area contributed by atoms with Gasteiger partial charge in [-0.1, -0.05) is 6.92 Å². The molecule has 10 heteroatoms. The number of aromatic amines is 1. The molecule has 2 heterocycles. The summed E-state index contributed by atoms with van der Waals surface area (Å²) in [5.74, 6) is -5.94. The first-order valence-corrected chi connectivity index (χ1v) is 9.78. The van der Waals surface area contributed by atoms with Gasteiger partial charge in [-0.25, -0.2) is 18.0 Å². The molecule has 4 unspecified atom stereocenters. The number of hydrogen-bond donors (Lipinski definition) is 2. The monoisotopic (exact) mass is 414 g/mol. The maximum absolute atomic E-state index is 15.5. The Labute approximate surface area is 165 Å². The molecular formula is C19H25F3N4O3. The Morgan fingerprint density at radius 1 is 1.31 bits per heavy atom. The lowest BCUT2D eigenvalue weighted by Gasteiger charge is -2.37. The quantitative estimate of drug-likeness (QED) is 0.780. The van der Waals surface area contributed by atoms with Gasteiger partial charge in [-0.2, -0.15) is 0 Å². The molecule has 29 heavy (non-hydrogen) atoms. The molecule has 160 valence electrons. The normalized spacial score (nSPS) is 30.4. The maximum atomic E-state index is 15.5. The zero-order chi connectivity index (χ0) is 21.2. The third-order valence-corrected chi connectivity index (χ3v) is 6.32. The largest absolute Gasteiger partial charge is 0.493 e. The fourth-order valence-corrected chi connectivity index (χ4v) is 4.83. The number of fused-ring (bicyclic) bond motifs is 1. The van der Waals surface area contributed by atoms with Gasteiger partial charge in [0.15, 0.2) is 11.6 Å². The minimum absolute atomic E-state index is 0.0325. The van der Waals surface area contributed by atoms with Crippen molar-refractivity contribution >= 4 is 5.76 Å². The SMILES string of the molecule is COC1=C(F)C(N2CC(C(C)N)C(F)(F)C2)C(C)c2c1c(=O)[nH]c(=O)n2C1CC1. The fourth-order valence-electron chi connectivity index (χ4n) is 4.83. The van der Waals surface area contributed by atoms with Crippen LogP contribution >= 0.6 is 0 Å². The number of ether oxygens (including phenoxy) is 1. The number of nitrogens with zero attached hydrogens (tertiary/aromatic N) is 2. The summed E-state index contributed by atoms with van der Waals surface area (Å²) in [4.78, 5) is 28.6. The lowest BCUT2D eigenvalue weighted by atomic mass is 9.85. The Kier molecular flexibility index (Phi) is 4.69. The molecule has 0 aromatic carbocycles. The van der Waals surface area contributed by atoms with E-state index in [1.165, 1.54) is 23.5 Å². The van der Waals surface area contributed by atoms with Gasteiger partial charge in [0.25, 0.3) is 11.5 Å². The zero-order valence-corrected chi connectivity index (χ0v) is 16.5. The van der Waals surface area contributed by atoms with E-state index < -0.39 is 53.5 Å². The van der Waals surface area contributed by atoms with Crippen molar-refractivity contribution in [1.29, 1.82) is 0 Å². The molecule has 2 fully saturated rings. The summed E-state index contributed by atoms with van der Waals surface area (Å²) in [6.07, 6.45) is 1.53. The van der Waals surface area contributed by atoms with Crippen LogP contribution in [0.25, 0.3) is 5.76 Å². The van der Waals surface area contributed by atoms with Crippen molar-refractivity contribution in [3.63, 3.8) is 0 Å². The van der Waals surface area contributed by atoms with Gasteiger partial charge < -0.3 is 10.5 Å². The van der Waals surface area contributed by atoms with Gasteiger partial charge in [-0.3, -0.25) is 19.2 Å². The van der Waals surface area contributed by atoms with E-state index in [-0.39, 0.29) is 23.9 Å². The zero-order valence-electron chi connectivity index (χ0n) is 16.5. The molecule has 0 radical (unpaired) electrons. The minimum Gasteiger partial charge on any atom is -0.493 e. The van der Waals surface area contributed by atoms with Gasteiger partial charge in [0.05, 0.1) is 25.6 Å². The van der Waals surface area contributed by atoms with Gasteiger partial charge in [0.1, 0.15) is 5.56 Å². The predicted octanol–water partition coefficient (Wildman–Crippen LogP) is 1.56. The molecular weight excluding hydrogens is 389 g/mol. The van der Waals surface area contributed by atoms with E-state index in [9.17, 15) is 18.4 Å². The molecule has 1 aromatic rings. The van der Waals surface area contributed by atoms with Gasteiger partial charge in [-0.15, -0.1) is 0 Å². The van der Waals surface area contributed by atoms with Crippen LogP contribution in [0.1, 0.15) is 49.9 Å². The molecule has 3 aliphatic rings. The van der Waals surface area contributed by atoms with Gasteiger partial charge in [-0.05, 0) is 19.8 Å². The van der Waals surface area contributed by atoms with Crippen molar-refractivity contribution < 1.29 is 17.9 Å². The third-order valence-electron chi connectivity index (χ3n) is 6.32. The predicted molar refractivity (Wildman–Crippen MR) is 100 cm³/mol. The number of nitrogens with two attached hydrogens (primary N) is 1. The van der Waals surface area contributed by atoms with E-state index in [1.54, 1.807) is 6.92 Å². The molecule has 7 nitrogen and oxygen atoms in total. The Hall–Kier alpha value is -2.07. The molecule has 3 N–H and O–H groups in total. The Morgan fingerprint density at radius 3 is 2.48 bits per heavy atom. The second-order valence-electron chi connectivity index (χ2n) is 8.39.